The second kappa shape index (κ2) is 8.02. The lowest BCUT2D eigenvalue weighted by atomic mass is 10.2. The molecule has 1 atom stereocenters. The summed E-state index contributed by atoms with van der Waals surface area (Å²) in [5.74, 6) is 0. The highest BCUT2D eigenvalue weighted by Gasteiger charge is 2.04. The van der Waals surface area contributed by atoms with Crippen molar-refractivity contribution in [3.05, 3.63) is 0 Å². The van der Waals surface area contributed by atoms with Crippen LogP contribution in [0.3, 0.4) is 0 Å². The predicted molar refractivity (Wildman–Crippen MR) is 46.6 cm³/mol. The van der Waals surface area contributed by atoms with Gasteiger partial charge in [0.25, 0.3) is 0 Å². The van der Waals surface area contributed by atoms with Gasteiger partial charge in [-0.15, -0.1) is 0 Å². The van der Waals surface area contributed by atoms with E-state index in [0.717, 1.165) is 25.9 Å². The lowest BCUT2D eigenvalue weighted by Crippen LogP contribution is -2.17. The van der Waals surface area contributed by atoms with Crippen LogP contribution in [0.1, 0.15) is 39.5 Å². The summed E-state index contributed by atoms with van der Waals surface area (Å²) in [6.07, 6.45) is 4.42. The van der Waals surface area contributed by atoms with Gasteiger partial charge in [-0.05, 0) is 12.8 Å². The molecule has 0 amide bonds. The predicted octanol–water partition coefficient (Wildman–Crippen LogP) is 1.96. The van der Waals surface area contributed by atoms with Gasteiger partial charge in [0, 0.05) is 6.61 Å². The van der Waals surface area contributed by atoms with Gasteiger partial charge in [0.15, 0.2) is 0 Å². The molecular formula is C9H20O2. The Morgan fingerprint density at radius 2 is 2.00 bits per heavy atom. The number of aliphatic hydroxyl groups is 1. The Balaban J connectivity index is 3.25. The third kappa shape index (κ3) is 6.32. The van der Waals surface area contributed by atoms with Crippen LogP contribution in [0.25, 0.3) is 0 Å². The molecule has 11 heavy (non-hydrogen) atoms. The van der Waals surface area contributed by atoms with Crippen LogP contribution in [0.5, 0.6) is 0 Å². The number of ether oxygens (including phenoxy) is 1. The van der Waals surface area contributed by atoms with E-state index in [1.165, 1.54) is 6.42 Å². The van der Waals surface area contributed by atoms with Crippen molar-refractivity contribution < 1.29 is 9.84 Å². The fourth-order valence-corrected chi connectivity index (χ4v) is 0.944. The van der Waals surface area contributed by atoms with Crippen LogP contribution in [0.15, 0.2) is 0 Å². The fourth-order valence-electron chi connectivity index (χ4n) is 0.944. The first-order valence-electron chi connectivity index (χ1n) is 4.57. The summed E-state index contributed by atoms with van der Waals surface area (Å²) in [6.45, 7) is 5.16. The molecule has 0 radical (unpaired) electrons. The van der Waals surface area contributed by atoms with Crippen molar-refractivity contribution in [3.63, 3.8) is 0 Å². The van der Waals surface area contributed by atoms with Crippen LogP contribution in [-0.2, 0) is 4.74 Å². The molecule has 0 aliphatic heterocycles. The second-order valence-electron chi connectivity index (χ2n) is 2.82. The van der Waals surface area contributed by atoms with Crippen LogP contribution < -0.4 is 0 Å². The normalized spacial score (nSPS) is 13.4. The van der Waals surface area contributed by atoms with Crippen LogP contribution in [-0.4, -0.2) is 24.4 Å². The van der Waals surface area contributed by atoms with Crippen LogP contribution >= 0.6 is 0 Å². The van der Waals surface area contributed by atoms with Gasteiger partial charge in [0.2, 0.25) is 0 Å². The van der Waals surface area contributed by atoms with Gasteiger partial charge in [-0.3, -0.25) is 0 Å². The average Bonchev–Trinajstić information content (AvgIpc) is 2.05. The van der Waals surface area contributed by atoms with Crippen molar-refractivity contribution in [2.45, 2.75) is 45.6 Å². The molecule has 0 aliphatic rings. The van der Waals surface area contributed by atoms with E-state index < -0.39 is 0 Å². The SMILES string of the molecule is CCCCC(CO)OCCC. The first-order valence-corrected chi connectivity index (χ1v) is 4.57. The average molecular weight is 160 g/mol. The largest absolute Gasteiger partial charge is 0.394 e. The molecule has 2 nitrogen and oxygen atoms in total. The molecule has 68 valence electrons. The Labute approximate surface area is 69.6 Å². The van der Waals surface area contributed by atoms with Crippen molar-refractivity contribution in [1.82, 2.24) is 0 Å². The molecule has 0 saturated carbocycles. The molecule has 0 aliphatic carbocycles. The molecule has 0 saturated heterocycles. The van der Waals surface area contributed by atoms with Crippen molar-refractivity contribution in [3.8, 4) is 0 Å². The van der Waals surface area contributed by atoms with Crippen LogP contribution in [0.4, 0.5) is 0 Å². The van der Waals surface area contributed by atoms with Gasteiger partial charge >= 0.3 is 0 Å². The lowest BCUT2D eigenvalue weighted by Gasteiger charge is -2.13. The summed E-state index contributed by atoms with van der Waals surface area (Å²) < 4.78 is 5.39. The van der Waals surface area contributed by atoms with Crippen molar-refractivity contribution in [1.29, 1.82) is 0 Å². The van der Waals surface area contributed by atoms with E-state index in [2.05, 4.69) is 13.8 Å². The smallest absolute Gasteiger partial charge is 0.0805 e. The minimum atomic E-state index is 0.0786. The van der Waals surface area contributed by atoms with Gasteiger partial charge in [0.05, 0.1) is 12.7 Å². The minimum Gasteiger partial charge on any atom is -0.394 e. The van der Waals surface area contributed by atoms with Crippen LogP contribution in [0.2, 0.25) is 0 Å². The molecule has 0 heterocycles. The first-order chi connectivity index (χ1) is 5.35. The first kappa shape index (κ1) is 10.9. The molecule has 1 N–H and O–H groups in total. The van der Waals surface area contributed by atoms with E-state index in [1.54, 1.807) is 0 Å². The van der Waals surface area contributed by atoms with Gasteiger partial charge < -0.3 is 9.84 Å². The molecule has 1 unspecified atom stereocenters. The van der Waals surface area contributed by atoms with E-state index in [9.17, 15) is 0 Å². The zero-order chi connectivity index (χ0) is 8.53. The zero-order valence-electron chi connectivity index (χ0n) is 7.68. The summed E-state index contributed by atoms with van der Waals surface area (Å²) in [5.41, 5.74) is 0. The summed E-state index contributed by atoms with van der Waals surface area (Å²) in [4.78, 5) is 0. The highest BCUT2D eigenvalue weighted by Crippen LogP contribution is 2.04. The summed E-state index contributed by atoms with van der Waals surface area (Å²) in [5, 5.41) is 8.85. The fraction of sp³-hybridized carbons (Fsp3) is 1.00. The quantitative estimate of drug-likeness (QED) is 0.617. The molecule has 0 spiro atoms. The maximum atomic E-state index is 8.85. The summed E-state index contributed by atoms with van der Waals surface area (Å²) in [7, 11) is 0. The topological polar surface area (TPSA) is 29.5 Å². The Bertz CT molecular complexity index is 66.0. The van der Waals surface area contributed by atoms with E-state index in [4.69, 9.17) is 9.84 Å². The molecule has 0 bridgehead atoms. The van der Waals surface area contributed by atoms with Crippen molar-refractivity contribution in [2.24, 2.45) is 0 Å². The second-order valence-corrected chi connectivity index (χ2v) is 2.82. The zero-order valence-corrected chi connectivity index (χ0v) is 7.68. The Kier molecular flexibility index (Phi) is 7.96. The number of rotatable bonds is 7. The standard InChI is InChI=1S/C9H20O2/c1-3-5-6-9(8-10)11-7-4-2/h9-10H,3-8H2,1-2H3. The Morgan fingerprint density at radius 3 is 2.45 bits per heavy atom. The Morgan fingerprint density at radius 1 is 1.27 bits per heavy atom. The number of unbranched alkanes of at least 4 members (excludes halogenated alkanes) is 1. The highest BCUT2D eigenvalue weighted by atomic mass is 16.5. The van der Waals surface area contributed by atoms with E-state index in [0.29, 0.717) is 0 Å². The lowest BCUT2D eigenvalue weighted by molar-refractivity contribution is 0.00734. The molecule has 0 aromatic heterocycles. The number of hydrogen-bond acceptors (Lipinski definition) is 2. The van der Waals surface area contributed by atoms with Gasteiger partial charge in [-0.25, -0.2) is 0 Å². The van der Waals surface area contributed by atoms with E-state index in [1.807, 2.05) is 0 Å². The third-order valence-electron chi connectivity index (χ3n) is 1.64. The van der Waals surface area contributed by atoms with Crippen molar-refractivity contribution in [2.75, 3.05) is 13.2 Å². The highest BCUT2D eigenvalue weighted by molar-refractivity contribution is 4.54. The molecule has 2 heteroatoms. The van der Waals surface area contributed by atoms with Crippen molar-refractivity contribution >= 4 is 0 Å². The summed E-state index contributed by atoms with van der Waals surface area (Å²) >= 11 is 0. The van der Waals surface area contributed by atoms with Gasteiger partial charge in [-0.1, -0.05) is 26.7 Å². The van der Waals surface area contributed by atoms with Gasteiger partial charge in [-0.2, -0.15) is 0 Å². The molecular weight excluding hydrogens is 140 g/mol. The molecule has 0 aromatic carbocycles. The third-order valence-corrected chi connectivity index (χ3v) is 1.64. The van der Waals surface area contributed by atoms with E-state index in [-0.39, 0.29) is 12.7 Å². The number of aliphatic hydroxyl groups excluding tert-OH is 1. The maximum Gasteiger partial charge on any atom is 0.0805 e. The van der Waals surface area contributed by atoms with Crippen LogP contribution in [0, 0.1) is 0 Å². The molecule has 0 fully saturated rings. The monoisotopic (exact) mass is 160 g/mol. The minimum absolute atomic E-state index is 0.0786. The summed E-state index contributed by atoms with van der Waals surface area (Å²) in [6, 6.07) is 0. The maximum absolute atomic E-state index is 8.85. The molecule has 0 aromatic rings. The number of hydrogen-bond donors (Lipinski definition) is 1. The molecule has 0 rings (SSSR count). The van der Waals surface area contributed by atoms with E-state index >= 15 is 0 Å². The van der Waals surface area contributed by atoms with Gasteiger partial charge in [0.1, 0.15) is 0 Å². The Hall–Kier alpha value is -0.0800.